The van der Waals surface area contributed by atoms with Crippen LogP contribution in [0.1, 0.15) is 18.9 Å². The van der Waals surface area contributed by atoms with Crippen LogP contribution in [0.3, 0.4) is 0 Å². The minimum absolute atomic E-state index is 0.101. The maximum Gasteiger partial charge on any atom is 0.262 e. The van der Waals surface area contributed by atoms with E-state index in [1.165, 1.54) is 0 Å². The van der Waals surface area contributed by atoms with Crippen LogP contribution in [0.2, 0.25) is 5.02 Å². The third-order valence-corrected chi connectivity index (χ3v) is 4.99. The van der Waals surface area contributed by atoms with E-state index in [0.29, 0.717) is 29.5 Å². The molecule has 1 atom stereocenters. The molecule has 6 nitrogen and oxygen atoms in total. The molecule has 0 aromatic heterocycles. The minimum Gasteiger partial charge on any atom is -0.477 e. The van der Waals surface area contributed by atoms with Crippen molar-refractivity contribution in [1.29, 1.82) is 0 Å². The Morgan fingerprint density at radius 3 is 2.79 bits per heavy atom. The number of hydrogen-bond donors (Lipinski definition) is 2. The first-order valence-corrected chi connectivity index (χ1v) is 9.70. The lowest BCUT2D eigenvalue weighted by molar-refractivity contribution is -0.128. The third kappa shape index (κ3) is 4.57. The van der Waals surface area contributed by atoms with Crippen LogP contribution in [0, 0.1) is 6.92 Å². The molecule has 0 aliphatic carbocycles. The Hall–Kier alpha value is -2.73. The Morgan fingerprint density at radius 2 is 2.00 bits per heavy atom. The van der Waals surface area contributed by atoms with Gasteiger partial charge in [0.2, 0.25) is 5.91 Å². The molecule has 0 saturated carbocycles. The molecule has 0 fully saturated rings. The van der Waals surface area contributed by atoms with Gasteiger partial charge in [0.05, 0.1) is 18.8 Å². The SMILES string of the molecule is CCCNC(=O)[C@H]1CN(CC(=O)Nc2cccc(Cl)c2C)c2ccccc2O1. The fourth-order valence-electron chi connectivity index (χ4n) is 3.06. The first-order chi connectivity index (χ1) is 13.5. The van der Waals surface area contributed by atoms with Gasteiger partial charge in [-0.25, -0.2) is 0 Å². The summed E-state index contributed by atoms with van der Waals surface area (Å²) in [7, 11) is 0. The first-order valence-electron chi connectivity index (χ1n) is 9.33. The summed E-state index contributed by atoms with van der Waals surface area (Å²) in [5, 5.41) is 6.35. The predicted octanol–water partition coefficient (Wildman–Crippen LogP) is 3.38. The Labute approximate surface area is 169 Å². The summed E-state index contributed by atoms with van der Waals surface area (Å²) in [6, 6.07) is 12.8. The Kier molecular flexibility index (Phi) is 6.41. The zero-order valence-electron chi connectivity index (χ0n) is 16.0. The second kappa shape index (κ2) is 8.97. The molecule has 1 aliphatic heterocycles. The lowest BCUT2D eigenvalue weighted by atomic mass is 10.1. The molecule has 2 N–H and O–H groups in total. The van der Waals surface area contributed by atoms with E-state index in [0.717, 1.165) is 17.7 Å². The van der Waals surface area contributed by atoms with E-state index in [4.69, 9.17) is 16.3 Å². The van der Waals surface area contributed by atoms with Crippen molar-refractivity contribution in [3.63, 3.8) is 0 Å². The summed E-state index contributed by atoms with van der Waals surface area (Å²) in [5.41, 5.74) is 2.29. The molecule has 2 aromatic rings. The Morgan fingerprint density at radius 1 is 1.21 bits per heavy atom. The van der Waals surface area contributed by atoms with Crippen molar-refractivity contribution < 1.29 is 14.3 Å². The highest BCUT2D eigenvalue weighted by atomic mass is 35.5. The minimum atomic E-state index is -0.665. The summed E-state index contributed by atoms with van der Waals surface area (Å²) in [6.07, 6.45) is 0.183. The van der Waals surface area contributed by atoms with Gasteiger partial charge < -0.3 is 20.3 Å². The summed E-state index contributed by atoms with van der Waals surface area (Å²) in [6.45, 7) is 4.84. The lowest BCUT2D eigenvalue weighted by Gasteiger charge is -2.35. The van der Waals surface area contributed by atoms with Gasteiger partial charge in [-0.15, -0.1) is 0 Å². The van der Waals surface area contributed by atoms with Crippen LogP contribution in [0.5, 0.6) is 5.75 Å². The largest absolute Gasteiger partial charge is 0.477 e. The number of carbonyl (C=O) groups is 2. The molecule has 0 bridgehead atoms. The van der Waals surface area contributed by atoms with Crippen LogP contribution in [0.4, 0.5) is 11.4 Å². The van der Waals surface area contributed by atoms with E-state index in [9.17, 15) is 9.59 Å². The van der Waals surface area contributed by atoms with Crippen molar-refractivity contribution in [2.24, 2.45) is 0 Å². The average molecular weight is 402 g/mol. The first kappa shape index (κ1) is 20.0. The van der Waals surface area contributed by atoms with Gasteiger partial charge in [0.1, 0.15) is 5.75 Å². The highest BCUT2D eigenvalue weighted by Gasteiger charge is 2.31. The van der Waals surface area contributed by atoms with Crippen molar-refractivity contribution in [2.45, 2.75) is 26.4 Å². The number of amides is 2. The van der Waals surface area contributed by atoms with Crippen molar-refractivity contribution >= 4 is 34.8 Å². The number of nitrogens with zero attached hydrogens (tertiary/aromatic N) is 1. The fourth-order valence-corrected chi connectivity index (χ4v) is 3.24. The Balaban J connectivity index is 1.74. The molecule has 2 aromatic carbocycles. The van der Waals surface area contributed by atoms with Gasteiger partial charge >= 0.3 is 0 Å². The molecule has 28 heavy (non-hydrogen) atoms. The van der Waals surface area contributed by atoms with Crippen LogP contribution >= 0.6 is 11.6 Å². The number of anilines is 2. The van der Waals surface area contributed by atoms with Gasteiger partial charge in [-0.1, -0.05) is 36.7 Å². The highest BCUT2D eigenvalue weighted by molar-refractivity contribution is 6.31. The van der Waals surface area contributed by atoms with Crippen molar-refractivity contribution in [1.82, 2.24) is 5.32 Å². The molecule has 0 spiro atoms. The van der Waals surface area contributed by atoms with Crippen molar-refractivity contribution in [3.8, 4) is 5.75 Å². The maximum absolute atomic E-state index is 12.7. The normalized spacial score (nSPS) is 15.4. The number of para-hydroxylation sites is 2. The van der Waals surface area contributed by atoms with E-state index in [2.05, 4.69) is 10.6 Å². The second-order valence-electron chi connectivity index (χ2n) is 6.71. The smallest absolute Gasteiger partial charge is 0.262 e. The van der Waals surface area contributed by atoms with Crippen molar-refractivity contribution in [3.05, 3.63) is 53.1 Å². The number of ether oxygens (including phenoxy) is 1. The van der Waals surface area contributed by atoms with Crippen LogP contribution in [0.15, 0.2) is 42.5 Å². The van der Waals surface area contributed by atoms with Gasteiger partial charge in [-0.3, -0.25) is 9.59 Å². The molecule has 0 radical (unpaired) electrons. The number of halogens is 1. The Bertz CT molecular complexity index is 872. The summed E-state index contributed by atoms with van der Waals surface area (Å²) in [5.74, 6) is 0.236. The second-order valence-corrected chi connectivity index (χ2v) is 7.11. The molecule has 0 saturated heterocycles. The van der Waals surface area contributed by atoms with Gasteiger partial charge in [-0.05, 0) is 43.2 Å². The van der Waals surface area contributed by atoms with Gasteiger partial charge in [0, 0.05) is 17.3 Å². The summed E-state index contributed by atoms with van der Waals surface area (Å²) >= 11 is 6.13. The van der Waals surface area contributed by atoms with E-state index < -0.39 is 6.10 Å². The predicted molar refractivity (Wildman–Crippen MR) is 111 cm³/mol. The highest BCUT2D eigenvalue weighted by Crippen LogP contribution is 2.33. The molecule has 148 valence electrons. The molecule has 7 heteroatoms. The molecule has 3 rings (SSSR count). The maximum atomic E-state index is 12.7. The van der Waals surface area contributed by atoms with Crippen LogP contribution in [-0.2, 0) is 9.59 Å². The van der Waals surface area contributed by atoms with E-state index >= 15 is 0 Å². The number of fused-ring (bicyclic) bond motifs is 1. The lowest BCUT2D eigenvalue weighted by Crippen LogP contribution is -2.50. The number of nitrogens with one attached hydrogen (secondary N) is 2. The van der Waals surface area contributed by atoms with Gasteiger partial charge in [0.15, 0.2) is 6.10 Å². The molecule has 1 aliphatic rings. The van der Waals surface area contributed by atoms with Crippen LogP contribution in [-0.4, -0.2) is 37.6 Å². The molecule has 0 unspecified atom stereocenters. The monoisotopic (exact) mass is 401 g/mol. The summed E-state index contributed by atoms with van der Waals surface area (Å²) < 4.78 is 5.85. The zero-order chi connectivity index (χ0) is 20.1. The van der Waals surface area contributed by atoms with Gasteiger partial charge in [-0.2, -0.15) is 0 Å². The van der Waals surface area contributed by atoms with E-state index in [1.807, 2.05) is 43.0 Å². The molecular formula is C21H24ClN3O3. The molecule has 1 heterocycles. The fraction of sp³-hybridized carbons (Fsp3) is 0.333. The zero-order valence-corrected chi connectivity index (χ0v) is 16.8. The quantitative estimate of drug-likeness (QED) is 0.778. The van der Waals surface area contributed by atoms with Crippen molar-refractivity contribution in [2.75, 3.05) is 29.9 Å². The van der Waals surface area contributed by atoms with Crippen LogP contribution in [0.25, 0.3) is 0 Å². The van der Waals surface area contributed by atoms with Crippen LogP contribution < -0.4 is 20.3 Å². The number of hydrogen-bond acceptors (Lipinski definition) is 4. The van der Waals surface area contributed by atoms with E-state index in [-0.39, 0.29) is 18.4 Å². The molecular weight excluding hydrogens is 378 g/mol. The number of rotatable bonds is 6. The number of benzene rings is 2. The molecule has 2 amide bonds. The summed E-state index contributed by atoms with van der Waals surface area (Å²) in [4.78, 5) is 26.9. The number of carbonyl (C=O) groups excluding carboxylic acids is 2. The topological polar surface area (TPSA) is 70.7 Å². The standard InChI is InChI=1S/C21H24ClN3O3/c1-3-11-23-21(27)19-12-25(17-9-4-5-10-18(17)28-19)13-20(26)24-16-8-6-7-15(22)14(16)2/h4-10,19H,3,11-13H2,1-2H3,(H,23,27)(H,24,26)/t19-/m1/s1. The third-order valence-electron chi connectivity index (χ3n) is 4.58. The van der Waals surface area contributed by atoms with E-state index in [1.54, 1.807) is 18.2 Å². The van der Waals surface area contributed by atoms with Gasteiger partial charge in [0.25, 0.3) is 5.91 Å². The average Bonchev–Trinajstić information content (AvgIpc) is 2.69.